The molecule has 1 heterocycles. The summed E-state index contributed by atoms with van der Waals surface area (Å²) in [4.78, 5) is 12.3. The molecule has 1 unspecified atom stereocenters. The normalized spacial score (nSPS) is 21.0. The third kappa shape index (κ3) is 4.41. The smallest absolute Gasteiger partial charge is 0.251 e. The molecule has 2 aliphatic rings. The zero-order valence-corrected chi connectivity index (χ0v) is 14.4. The topological polar surface area (TPSA) is 56.8 Å². The predicted octanol–water partition coefficient (Wildman–Crippen LogP) is 3.32. The number of amides is 1. The van der Waals surface area contributed by atoms with E-state index in [1.54, 1.807) is 19.2 Å². The van der Waals surface area contributed by atoms with Crippen molar-refractivity contribution < 1.29 is 19.0 Å². The van der Waals surface area contributed by atoms with Crippen molar-refractivity contribution in [2.45, 2.75) is 57.2 Å². The molecule has 1 N–H and O–H groups in total. The molecule has 0 spiro atoms. The van der Waals surface area contributed by atoms with Gasteiger partial charge in [-0.25, -0.2) is 0 Å². The third-order valence-electron chi connectivity index (χ3n) is 4.80. The van der Waals surface area contributed by atoms with Crippen molar-refractivity contribution in [3.63, 3.8) is 0 Å². The van der Waals surface area contributed by atoms with Crippen molar-refractivity contribution >= 4 is 5.91 Å². The molecule has 1 aromatic carbocycles. The van der Waals surface area contributed by atoms with E-state index in [9.17, 15) is 4.79 Å². The van der Waals surface area contributed by atoms with Crippen molar-refractivity contribution in [2.75, 3.05) is 20.3 Å². The van der Waals surface area contributed by atoms with Crippen LogP contribution in [-0.2, 0) is 4.74 Å². The summed E-state index contributed by atoms with van der Waals surface area (Å²) in [5.74, 6) is 1.26. The van der Waals surface area contributed by atoms with Crippen LogP contribution in [0.25, 0.3) is 0 Å². The highest BCUT2D eigenvalue weighted by atomic mass is 16.5. The molecule has 132 valence electrons. The number of carbonyl (C=O) groups is 1. The van der Waals surface area contributed by atoms with Crippen molar-refractivity contribution in [3.05, 3.63) is 23.8 Å². The lowest BCUT2D eigenvalue weighted by atomic mass is 10.1. The third-order valence-corrected chi connectivity index (χ3v) is 4.80. The van der Waals surface area contributed by atoms with E-state index in [2.05, 4.69) is 5.32 Å². The Hall–Kier alpha value is -1.75. The summed E-state index contributed by atoms with van der Waals surface area (Å²) in [5.41, 5.74) is 0.595. The summed E-state index contributed by atoms with van der Waals surface area (Å²) in [6.07, 6.45) is 8.27. The number of ether oxygens (including phenoxy) is 3. The minimum absolute atomic E-state index is 0.0845. The first-order valence-corrected chi connectivity index (χ1v) is 9.01. The van der Waals surface area contributed by atoms with Crippen LogP contribution < -0.4 is 14.8 Å². The Balaban J connectivity index is 1.55. The van der Waals surface area contributed by atoms with E-state index in [1.165, 1.54) is 12.8 Å². The van der Waals surface area contributed by atoms with Crippen LogP contribution in [0.2, 0.25) is 0 Å². The fourth-order valence-corrected chi connectivity index (χ4v) is 3.41. The predicted molar refractivity (Wildman–Crippen MR) is 91.8 cm³/mol. The van der Waals surface area contributed by atoms with E-state index >= 15 is 0 Å². The molecular weight excluding hydrogens is 306 g/mol. The van der Waals surface area contributed by atoms with Gasteiger partial charge in [0.2, 0.25) is 0 Å². The van der Waals surface area contributed by atoms with Gasteiger partial charge in [-0.15, -0.1) is 0 Å². The van der Waals surface area contributed by atoms with Gasteiger partial charge in [0.15, 0.2) is 11.5 Å². The van der Waals surface area contributed by atoms with Gasteiger partial charge in [-0.05, 0) is 63.1 Å². The SMILES string of the molecule is COc1cc(C(=O)NCCC2CCCO2)ccc1OC1CCCC1. The number of nitrogens with one attached hydrogen (secondary N) is 1. The number of carbonyl (C=O) groups excluding carboxylic acids is 1. The maximum Gasteiger partial charge on any atom is 0.251 e. The Labute approximate surface area is 143 Å². The van der Waals surface area contributed by atoms with E-state index in [1.807, 2.05) is 6.07 Å². The minimum Gasteiger partial charge on any atom is -0.493 e. The minimum atomic E-state index is -0.0845. The van der Waals surface area contributed by atoms with Gasteiger partial charge in [0.05, 0.1) is 19.3 Å². The van der Waals surface area contributed by atoms with Crippen LogP contribution in [0.1, 0.15) is 55.3 Å². The zero-order chi connectivity index (χ0) is 16.8. The van der Waals surface area contributed by atoms with Crippen molar-refractivity contribution in [1.82, 2.24) is 5.32 Å². The highest BCUT2D eigenvalue weighted by Gasteiger charge is 2.20. The molecule has 0 bridgehead atoms. The first-order valence-electron chi connectivity index (χ1n) is 9.01. The average Bonchev–Trinajstić information content (AvgIpc) is 3.29. The molecule has 3 rings (SSSR count). The highest BCUT2D eigenvalue weighted by molar-refractivity contribution is 5.94. The quantitative estimate of drug-likeness (QED) is 0.832. The zero-order valence-electron chi connectivity index (χ0n) is 14.4. The van der Waals surface area contributed by atoms with E-state index < -0.39 is 0 Å². The molecule has 2 fully saturated rings. The van der Waals surface area contributed by atoms with Crippen molar-refractivity contribution in [2.24, 2.45) is 0 Å². The summed E-state index contributed by atoms with van der Waals surface area (Å²) < 4.78 is 17.0. The first-order chi connectivity index (χ1) is 11.8. The fraction of sp³-hybridized carbons (Fsp3) is 0.632. The van der Waals surface area contributed by atoms with Crippen molar-refractivity contribution in [1.29, 1.82) is 0 Å². The van der Waals surface area contributed by atoms with Gasteiger partial charge in [0, 0.05) is 18.7 Å². The molecule has 1 saturated heterocycles. The van der Waals surface area contributed by atoms with Gasteiger partial charge < -0.3 is 19.5 Å². The largest absolute Gasteiger partial charge is 0.493 e. The molecule has 1 aromatic rings. The van der Waals surface area contributed by atoms with Crippen LogP contribution >= 0.6 is 0 Å². The maximum absolute atomic E-state index is 12.3. The van der Waals surface area contributed by atoms with Crippen LogP contribution in [0.4, 0.5) is 0 Å². The second-order valence-electron chi connectivity index (χ2n) is 6.57. The van der Waals surface area contributed by atoms with Crippen molar-refractivity contribution in [3.8, 4) is 11.5 Å². The summed E-state index contributed by atoms with van der Waals surface area (Å²) in [5, 5.41) is 2.95. The van der Waals surface area contributed by atoms with Gasteiger partial charge in [-0.1, -0.05) is 0 Å². The molecule has 1 atom stereocenters. The summed E-state index contributed by atoms with van der Waals surface area (Å²) >= 11 is 0. The molecule has 1 aliphatic carbocycles. The lowest BCUT2D eigenvalue weighted by molar-refractivity contribution is 0.0907. The second-order valence-corrected chi connectivity index (χ2v) is 6.57. The molecule has 0 aromatic heterocycles. The van der Waals surface area contributed by atoms with Crippen LogP contribution in [0, 0.1) is 0 Å². The monoisotopic (exact) mass is 333 g/mol. The molecule has 5 nitrogen and oxygen atoms in total. The molecule has 1 amide bonds. The molecule has 1 aliphatic heterocycles. The van der Waals surface area contributed by atoms with Crippen LogP contribution in [0.3, 0.4) is 0 Å². The summed E-state index contributed by atoms with van der Waals surface area (Å²) in [6.45, 7) is 1.48. The van der Waals surface area contributed by atoms with E-state index in [0.29, 0.717) is 24.0 Å². The van der Waals surface area contributed by atoms with Gasteiger partial charge >= 0.3 is 0 Å². The number of hydrogen-bond donors (Lipinski definition) is 1. The van der Waals surface area contributed by atoms with Gasteiger partial charge in [-0.2, -0.15) is 0 Å². The van der Waals surface area contributed by atoms with Gasteiger partial charge in [0.1, 0.15) is 0 Å². The van der Waals surface area contributed by atoms with Crippen LogP contribution in [0.5, 0.6) is 11.5 Å². The molecule has 0 radical (unpaired) electrons. The van der Waals surface area contributed by atoms with Crippen LogP contribution in [-0.4, -0.2) is 38.4 Å². The van der Waals surface area contributed by atoms with Crippen LogP contribution in [0.15, 0.2) is 18.2 Å². The lowest BCUT2D eigenvalue weighted by Gasteiger charge is -2.16. The Bertz CT molecular complexity index is 548. The van der Waals surface area contributed by atoms with Gasteiger partial charge in [-0.3, -0.25) is 4.79 Å². The fourth-order valence-electron chi connectivity index (χ4n) is 3.41. The summed E-state index contributed by atoms with van der Waals surface area (Å²) in [7, 11) is 1.61. The number of rotatable bonds is 7. The Morgan fingerprint density at radius 3 is 2.75 bits per heavy atom. The number of hydrogen-bond acceptors (Lipinski definition) is 4. The molecule has 1 saturated carbocycles. The van der Waals surface area contributed by atoms with E-state index in [4.69, 9.17) is 14.2 Å². The number of methoxy groups -OCH3 is 1. The van der Waals surface area contributed by atoms with E-state index in [0.717, 1.165) is 44.5 Å². The Morgan fingerprint density at radius 1 is 1.21 bits per heavy atom. The molecule has 5 heteroatoms. The second kappa shape index (κ2) is 8.38. The number of benzene rings is 1. The lowest BCUT2D eigenvalue weighted by Crippen LogP contribution is -2.27. The maximum atomic E-state index is 12.3. The molecular formula is C19H27NO4. The van der Waals surface area contributed by atoms with E-state index in [-0.39, 0.29) is 12.0 Å². The summed E-state index contributed by atoms with van der Waals surface area (Å²) in [6, 6.07) is 5.39. The molecule has 24 heavy (non-hydrogen) atoms. The average molecular weight is 333 g/mol. The van der Waals surface area contributed by atoms with Gasteiger partial charge in [0.25, 0.3) is 5.91 Å². The Morgan fingerprint density at radius 2 is 2.04 bits per heavy atom. The Kier molecular flexibility index (Phi) is 5.96. The first kappa shape index (κ1) is 17.1. The standard InChI is InChI=1S/C19H27NO4/c1-22-18-13-14(8-9-17(18)24-16-5-2-3-6-16)19(21)20-11-10-15-7-4-12-23-15/h8-9,13,15-16H,2-7,10-12H2,1H3,(H,20,21). The highest BCUT2D eigenvalue weighted by Crippen LogP contribution is 2.32.